The molecule has 0 saturated carbocycles. The van der Waals surface area contributed by atoms with Gasteiger partial charge in [-0.05, 0) is 61.4 Å². The molecule has 0 radical (unpaired) electrons. The summed E-state index contributed by atoms with van der Waals surface area (Å²) in [4.78, 5) is 19.8. The maximum absolute atomic E-state index is 4.96. The summed E-state index contributed by atoms with van der Waals surface area (Å²) in [6.45, 7) is 15.8. The van der Waals surface area contributed by atoms with E-state index >= 15 is 0 Å². The van der Waals surface area contributed by atoms with Gasteiger partial charge in [0.2, 0.25) is 0 Å². The molecule has 0 unspecified atom stereocenters. The number of thiophene rings is 1. The zero-order valence-electron chi connectivity index (χ0n) is 21.2. The van der Waals surface area contributed by atoms with Crippen molar-refractivity contribution in [2.45, 2.75) is 20.8 Å². The largest absolute Gasteiger partial charge is 0.335 e. The third kappa shape index (κ3) is 4.81. The Morgan fingerprint density at radius 2 is 2.05 bits per heavy atom. The molecule has 0 bridgehead atoms. The van der Waals surface area contributed by atoms with E-state index in [1.54, 1.807) is 17.5 Å². The fourth-order valence-corrected chi connectivity index (χ4v) is 5.09. The summed E-state index contributed by atoms with van der Waals surface area (Å²) in [7, 11) is 0. The Hall–Kier alpha value is -4.14. The first-order valence-corrected chi connectivity index (χ1v) is 13.0. The molecule has 5 aromatic heterocycles. The SMILES string of the molecule is C=C/C(=C\C(=C/C)c1cc2c(-c3nc4c(-c5ccc(C(=C)C)s5)cncc4[nH]3)n[nH]c2cn1)CNCC. The van der Waals surface area contributed by atoms with Gasteiger partial charge in [-0.2, -0.15) is 5.10 Å². The zero-order chi connectivity index (χ0) is 25.9. The van der Waals surface area contributed by atoms with Crippen LogP contribution in [0, 0.1) is 0 Å². The number of pyridine rings is 2. The van der Waals surface area contributed by atoms with Crippen LogP contribution in [0.25, 0.3) is 55.0 Å². The van der Waals surface area contributed by atoms with Crippen LogP contribution >= 0.6 is 11.3 Å². The van der Waals surface area contributed by atoms with Crippen molar-refractivity contribution in [3.8, 4) is 22.0 Å². The van der Waals surface area contributed by atoms with Gasteiger partial charge in [0.05, 0.1) is 29.1 Å². The topological polar surface area (TPSA) is 95.2 Å². The molecular weight excluding hydrogens is 478 g/mol. The molecule has 0 aliphatic carbocycles. The Kier molecular flexibility index (Phi) is 6.94. The van der Waals surface area contributed by atoms with Crippen molar-refractivity contribution in [3.05, 3.63) is 84.3 Å². The maximum atomic E-state index is 4.96. The number of hydrogen-bond donors (Lipinski definition) is 3. The quantitative estimate of drug-likeness (QED) is 0.191. The van der Waals surface area contributed by atoms with E-state index in [0.29, 0.717) is 5.82 Å². The molecule has 0 amide bonds. The van der Waals surface area contributed by atoms with Crippen LogP contribution in [0.15, 0.2) is 73.7 Å². The third-order valence-electron chi connectivity index (χ3n) is 6.15. The Labute approximate surface area is 219 Å². The van der Waals surface area contributed by atoms with Gasteiger partial charge in [0.15, 0.2) is 5.82 Å². The van der Waals surface area contributed by atoms with Crippen molar-refractivity contribution in [2.75, 3.05) is 13.1 Å². The first-order chi connectivity index (χ1) is 18.0. The van der Waals surface area contributed by atoms with Gasteiger partial charge in [-0.3, -0.25) is 15.1 Å². The highest BCUT2D eigenvalue weighted by Crippen LogP contribution is 2.36. The second-order valence-electron chi connectivity index (χ2n) is 8.75. The average molecular weight is 508 g/mol. The molecule has 0 aromatic carbocycles. The maximum Gasteiger partial charge on any atom is 0.159 e. The first-order valence-electron chi connectivity index (χ1n) is 12.2. The van der Waals surface area contributed by atoms with Gasteiger partial charge >= 0.3 is 0 Å². The van der Waals surface area contributed by atoms with Crippen LogP contribution in [0.2, 0.25) is 0 Å². The van der Waals surface area contributed by atoms with Crippen molar-refractivity contribution in [2.24, 2.45) is 0 Å². The molecule has 37 heavy (non-hydrogen) atoms. The summed E-state index contributed by atoms with van der Waals surface area (Å²) >= 11 is 1.69. The lowest BCUT2D eigenvalue weighted by atomic mass is 10.1. The molecule has 0 spiro atoms. The molecule has 0 aliphatic heterocycles. The summed E-state index contributed by atoms with van der Waals surface area (Å²) < 4.78 is 0. The fourth-order valence-electron chi connectivity index (χ4n) is 4.15. The van der Waals surface area contributed by atoms with E-state index in [-0.39, 0.29) is 0 Å². The Morgan fingerprint density at radius 1 is 1.19 bits per heavy atom. The molecule has 7 nitrogen and oxygen atoms in total. The van der Waals surface area contributed by atoms with E-state index < -0.39 is 0 Å². The summed E-state index contributed by atoms with van der Waals surface area (Å²) in [6.07, 6.45) is 11.5. The van der Waals surface area contributed by atoms with Gasteiger partial charge in [0.25, 0.3) is 0 Å². The number of allylic oxidation sites excluding steroid dienone is 4. The van der Waals surface area contributed by atoms with Gasteiger partial charge in [-0.25, -0.2) is 4.98 Å². The lowest BCUT2D eigenvalue weighted by Crippen LogP contribution is -2.15. The predicted octanol–water partition coefficient (Wildman–Crippen LogP) is 6.78. The number of nitrogens with zero attached hydrogens (tertiary/aromatic N) is 4. The van der Waals surface area contributed by atoms with E-state index in [1.165, 1.54) is 0 Å². The molecule has 186 valence electrons. The van der Waals surface area contributed by atoms with Gasteiger partial charge < -0.3 is 10.3 Å². The van der Waals surface area contributed by atoms with E-state index in [2.05, 4.69) is 80.9 Å². The van der Waals surface area contributed by atoms with E-state index in [9.17, 15) is 0 Å². The van der Waals surface area contributed by atoms with Crippen molar-refractivity contribution < 1.29 is 0 Å². The number of rotatable bonds is 9. The van der Waals surface area contributed by atoms with E-state index in [1.807, 2.05) is 32.3 Å². The Balaban J connectivity index is 1.57. The van der Waals surface area contributed by atoms with E-state index in [0.717, 1.165) is 78.5 Å². The van der Waals surface area contributed by atoms with Crippen molar-refractivity contribution >= 4 is 44.4 Å². The molecular formula is C29H29N7S. The van der Waals surface area contributed by atoms with Crippen LogP contribution in [0.4, 0.5) is 0 Å². The van der Waals surface area contributed by atoms with Crippen LogP contribution in [-0.4, -0.2) is 43.2 Å². The number of nitrogens with one attached hydrogen (secondary N) is 3. The number of imidazole rings is 1. The number of fused-ring (bicyclic) bond motifs is 2. The number of aromatic nitrogens is 6. The van der Waals surface area contributed by atoms with Gasteiger partial charge in [-0.1, -0.05) is 32.2 Å². The highest BCUT2D eigenvalue weighted by Gasteiger charge is 2.17. The average Bonchev–Trinajstić information content (AvgIpc) is 3.66. The summed E-state index contributed by atoms with van der Waals surface area (Å²) in [5, 5.41) is 12.0. The second kappa shape index (κ2) is 10.5. The fraction of sp³-hybridized carbons (Fsp3) is 0.172. The van der Waals surface area contributed by atoms with Crippen molar-refractivity contribution in [3.63, 3.8) is 0 Å². The van der Waals surface area contributed by atoms with Crippen LogP contribution < -0.4 is 5.32 Å². The number of aromatic amines is 2. The standard InChI is InChI=1S/C29H29N7S/c1-6-18(13-30-8-3)11-19(7-2)22-12-20-23(16-32-22)35-36-28(20)29-33-24-15-31-14-21(27(24)34-29)26-10-9-25(37-26)17(4)5/h6-7,9-12,14-16,30H,1,4,8,13H2,2-3,5H3,(H,33,34)(H,35,36)/b18-11+,19-7+. The van der Waals surface area contributed by atoms with Crippen LogP contribution in [0.1, 0.15) is 31.3 Å². The summed E-state index contributed by atoms with van der Waals surface area (Å²) in [5.41, 5.74) is 8.32. The lowest BCUT2D eigenvalue weighted by Gasteiger charge is -2.06. The Bertz CT molecular complexity index is 1680. The summed E-state index contributed by atoms with van der Waals surface area (Å²) in [5.74, 6) is 0.681. The van der Waals surface area contributed by atoms with Crippen molar-refractivity contribution in [1.82, 2.24) is 35.5 Å². The zero-order valence-corrected chi connectivity index (χ0v) is 22.0. The smallest absolute Gasteiger partial charge is 0.159 e. The third-order valence-corrected chi connectivity index (χ3v) is 7.43. The number of H-pyrrole nitrogens is 2. The molecule has 0 fully saturated rings. The van der Waals surface area contributed by atoms with Crippen LogP contribution in [0.5, 0.6) is 0 Å². The van der Waals surface area contributed by atoms with Crippen LogP contribution in [0.3, 0.4) is 0 Å². The van der Waals surface area contributed by atoms with Crippen molar-refractivity contribution in [1.29, 1.82) is 0 Å². The first kappa shape index (κ1) is 24.5. The molecule has 5 heterocycles. The normalized spacial score (nSPS) is 12.5. The molecule has 3 N–H and O–H groups in total. The van der Waals surface area contributed by atoms with Gasteiger partial charge in [0.1, 0.15) is 11.2 Å². The minimum Gasteiger partial charge on any atom is -0.335 e. The Morgan fingerprint density at radius 3 is 2.78 bits per heavy atom. The minimum atomic E-state index is 0.681. The molecule has 5 rings (SSSR count). The monoisotopic (exact) mass is 507 g/mol. The minimum absolute atomic E-state index is 0.681. The van der Waals surface area contributed by atoms with Gasteiger partial charge in [-0.15, -0.1) is 11.3 Å². The predicted molar refractivity (Wildman–Crippen MR) is 155 cm³/mol. The summed E-state index contributed by atoms with van der Waals surface area (Å²) in [6, 6.07) is 6.24. The van der Waals surface area contributed by atoms with E-state index in [4.69, 9.17) is 4.98 Å². The number of likely N-dealkylation sites (N-methyl/N-ethyl adjacent to an activating group) is 1. The molecule has 0 atom stereocenters. The molecule has 0 aliphatic rings. The molecule has 8 heteroatoms. The highest BCUT2D eigenvalue weighted by atomic mass is 32.1. The second-order valence-corrected chi connectivity index (χ2v) is 9.83. The molecule has 0 saturated heterocycles. The van der Waals surface area contributed by atoms with Gasteiger partial charge in [0, 0.05) is 33.4 Å². The molecule has 5 aromatic rings. The highest BCUT2D eigenvalue weighted by molar-refractivity contribution is 7.16. The lowest BCUT2D eigenvalue weighted by molar-refractivity contribution is 0.785. The van der Waals surface area contributed by atoms with Crippen LogP contribution in [-0.2, 0) is 0 Å². The number of hydrogen-bond acceptors (Lipinski definition) is 6.